The molecule has 1 aromatic rings. The first-order valence-electron chi connectivity index (χ1n) is 4.80. The van der Waals surface area contributed by atoms with Crippen molar-refractivity contribution in [2.45, 2.75) is 20.3 Å². The van der Waals surface area contributed by atoms with Gasteiger partial charge in [-0.2, -0.15) is 5.26 Å². The summed E-state index contributed by atoms with van der Waals surface area (Å²) in [5, 5.41) is 9.95. The number of nitrogens with zero attached hydrogens (tertiary/aromatic N) is 1. The van der Waals surface area contributed by atoms with E-state index in [2.05, 4.69) is 49.9 Å². The van der Waals surface area contributed by atoms with Crippen molar-refractivity contribution >= 4 is 14.7 Å². The molecule has 0 bridgehead atoms. The van der Waals surface area contributed by atoms with E-state index in [1.54, 1.807) is 0 Å². The third kappa shape index (κ3) is 3.59. The van der Waals surface area contributed by atoms with Gasteiger partial charge in [0.1, 0.15) is 0 Å². The highest BCUT2D eigenvalue weighted by Crippen LogP contribution is 1.97. The number of benzene rings is 1. The molecule has 0 atom stereocenters. The van der Waals surface area contributed by atoms with Gasteiger partial charge in [-0.25, -0.2) is 0 Å². The van der Waals surface area contributed by atoms with E-state index in [-0.39, 0.29) is 9.52 Å². The minimum absolute atomic E-state index is 0.234. The maximum Gasteiger partial charge on any atom is 0.0782 e. The van der Waals surface area contributed by atoms with Crippen LogP contribution in [-0.2, 0) is 6.42 Å². The molecule has 2 heteroatoms. The van der Waals surface area contributed by atoms with Crippen molar-refractivity contribution in [1.82, 2.24) is 0 Å². The van der Waals surface area contributed by atoms with E-state index < -0.39 is 0 Å². The van der Waals surface area contributed by atoms with Crippen LogP contribution in [0.2, 0.25) is 0 Å². The van der Waals surface area contributed by atoms with Gasteiger partial charge in [0.2, 0.25) is 0 Å². The minimum Gasteiger partial charge on any atom is -0.198 e. The molecule has 0 aliphatic carbocycles. The molecule has 72 valence electrons. The normalized spacial score (nSPS) is 10.1. The average molecular weight is 201 g/mol. The standard InChI is InChI=1S/C12H15NSi/c1-10(2)9-14-12-5-3-11(4-6-12)7-8-13/h3-6,9H,7,14H2,1-2H3. The van der Waals surface area contributed by atoms with Gasteiger partial charge in [0.05, 0.1) is 22.0 Å². The van der Waals surface area contributed by atoms with Crippen molar-refractivity contribution in [2.24, 2.45) is 0 Å². The lowest BCUT2D eigenvalue weighted by molar-refractivity contribution is 1.27. The SMILES string of the molecule is CC(C)=C[SiH2]c1ccc(CC#N)cc1. The van der Waals surface area contributed by atoms with Crippen LogP contribution in [0.15, 0.2) is 35.5 Å². The Morgan fingerprint density at radius 3 is 2.50 bits per heavy atom. The largest absolute Gasteiger partial charge is 0.198 e. The molecule has 1 rings (SSSR count). The Morgan fingerprint density at radius 1 is 1.36 bits per heavy atom. The molecular formula is C12H15NSi. The maximum atomic E-state index is 8.51. The van der Waals surface area contributed by atoms with E-state index in [1.165, 1.54) is 10.8 Å². The number of hydrogen-bond donors (Lipinski definition) is 0. The highest BCUT2D eigenvalue weighted by atomic mass is 28.2. The second kappa shape index (κ2) is 5.41. The molecule has 0 spiro atoms. The summed E-state index contributed by atoms with van der Waals surface area (Å²) in [6, 6.07) is 10.6. The Kier molecular flexibility index (Phi) is 4.15. The molecule has 1 aromatic carbocycles. The molecule has 0 aromatic heterocycles. The summed E-state index contributed by atoms with van der Waals surface area (Å²) >= 11 is 0. The monoisotopic (exact) mass is 201 g/mol. The van der Waals surface area contributed by atoms with Gasteiger partial charge in [0, 0.05) is 0 Å². The maximum absolute atomic E-state index is 8.51. The molecule has 0 saturated heterocycles. The van der Waals surface area contributed by atoms with E-state index in [0.29, 0.717) is 6.42 Å². The smallest absolute Gasteiger partial charge is 0.0782 e. The second-order valence-electron chi connectivity index (χ2n) is 3.64. The molecule has 0 N–H and O–H groups in total. The Morgan fingerprint density at radius 2 is 2.00 bits per heavy atom. The summed E-state index contributed by atoms with van der Waals surface area (Å²) in [5.74, 6) is 0. The van der Waals surface area contributed by atoms with E-state index >= 15 is 0 Å². The first kappa shape index (κ1) is 10.7. The first-order valence-corrected chi connectivity index (χ1v) is 6.33. The van der Waals surface area contributed by atoms with E-state index in [1.807, 2.05) is 0 Å². The average Bonchev–Trinajstić information content (AvgIpc) is 2.17. The van der Waals surface area contributed by atoms with Gasteiger partial charge in [-0.1, -0.05) is 40.7 Å². The molecular weight excluding hydrogens is 186 g/mol. The predicted molar refractivity (Wildman–Crippen MR) is 63.4 cm³/mol. The molecule has 0 aliphatic heterocycles. The van der Waals surface area contributed by atoms with Crippen molar-refractivity contribution in [1.29, 1.82) is 5.26 Å². The topological polar surface area (TPSA) is 23.8 Å². The van der Waals surface area contributed by atoms with Gasteiger partial charge in [0.25, 0.3) is 0 Å². The Balaban J connectivity index is 2.65. The molecule has 0 saturated carbocycles. The van der Waals surface area contributed by atoms with E-state index in [9.17, 15) is 0 Å². The summed E-state index contributed by atoms with van der Waals surface area (Å²) in [5.41, 5.74) is 4.86. The van der Waals surface area contributed by atoms with Crippen LogP contribution < -0.4 is 5.19 Å². The van der Waals surface area contributed by atoms with Crippen molar-refractivity contribution < 1.29 is 0 Å². The summed E-state index contributed by atoms with van der Waals surface area (Å²) < 4.78 is 0. The zero-order chi connectivity index (χ0) is 10.4. The van der Waals surface area contributed by atoms with Crippen LogP contribution >= 0.6 is 0 Å². The lowest BCUT2D eigenvalue weighted by atomic mass is 10.2. The fourth-order valence-corrected chi connectivity index (χ4v) is 2.36. The molecule has 0 radical (unpaired) electrons. The van der Waals surface area contributed by atoms with Crippen LogP contribution in [0.4, 0.5) is 0 Å². The molecule has 14 heavy (non-hydrogen) atoms. The lowest BCUT2D eigenvalue weighted by Crippen LogP contribution is -2.11. The van der Waals surface area contributed by atoms with E-state index in [4.69, 9.17) is 5.26 Å². The number of nitriles is 1. The van der Waals surface area contributed by atoms with Crippen molar-refractivity contribution in [3.05, 3.63) is 41.1 Å². The van der Waals surface area contributed by atoms with Crippen LogP contribution in [0.1, 0.15) is 19.4 Å². The van der Waals surface area contributed by atoms with Crippen LogP contribution in [-0.4, -0.2) is 9.52 Å². The van der Waals surface area contributed by atoms with Gasteiger partial charge in [0.15, 0.2) is 0 Å². The lowest BCUT2D eigenvalue weighted by Gasteiger charge is -1.98. The van der Waals surface area contributed by atoms with Crippen LogP contribution in [0, 0.1) is 11.3 Å². The summed E-state index contributed by atoms with van der Waals surface area (Å²) in [6.07, 6.45) is 0.518. The fraction of sp³-hybridized carbons (Fsp3) is 0.250. The Bertz CT molecular complexity index is 353. The highest BCUT2D eigenvalue weighted by Gasteiger charge is 1.93. The molecule has 0 heterocycles. The molecule has 1 nitrogen and oxygen atoms in total. The summed E-state index contributed by atoms with van der Waals surface area (Å²) in [7, 11) is -0.234. The zero-order valence-electron chi connectivity index (χ0n) is 8.75. The molecule has 0 amide bonds. The number of allylic oxidation sites excluding steroid dienone is 1. The van der Waals surface area contributed by atoms with Crippen molar-refractivity contribution in [3.8, 4) is 6.07 Å². The van der Waals surface area contributed by atoms with Gasteiger partial charge >= 0.3 is 0 Å². The van der Waals surface area contributed by atoms with Gasteiger partial charge in [-0.3, -0.25) is 0 Å². The first-order chi connectivity index (χ1) is 6.72. The molecule has 0 fully saturated rings. The van der Waals surface area contributed by atoms with E-state index in [0.717, 1.165) is 5.56 Å². The van der Waals surface area contributed by atoms with Gasteiger partial charge < -0.3 is 0 Å². The summed E-state index contributed by atoms with van der Waals surface area (Å²) in [4.78, 5) is 0. The quantitative estimate of drug-likeness (QED) is 0.679. The zero-order valence-corrected chi connectivity index (χ0v) is 10.2. The Hall–Kier alpha value is -1.33. The van der Waals surface area contributed by atoms with Crippen molar-refractivity contribution in [3.63, 3.8) is 0 Å². The third-order valence-corrected chi connectivity index (χ3v) is 4.02. The van der Waals surface area contributed by atoms with Crippen LogP contribution in [0.25, 0.3) is 0 Å². The number of rotatable bonds is 3. The summed E-state index contributed by atoms with van der Waals surface area (Å²) in [6.45, 7) is 4.27. The minimum atomic E-state index is -0.234. The predicted octanol–water partition coefficient (Wildman–Crippen LogP) is 1.47. The number of hydrogen-bond acceptors (Lipinski definition) is 1. The molecule has 0 aliphatic rings. The molecule has 0 unspecified atom stereocenters. The second-order valence-corrected chi connectivity index (χ2v) is 5.27. The Labute approximate surface area is 87.9 Å². The highest BCUT2D eigenvalue weighted by molar-refractivity contribution is 6.58. The van der Waals surface area contributed by atoms with Crippen LogP contribution in [0.3, 0.4) is 0 Å². The van der Waals surface area contributed by atoms with Crippen LogP contribution in [0.5, 0.6) is 0 Å². The van der Waals surface area contributed by atoms with Gasteiger partial charge in [-0.15, -0.1) is 0 Å². The van der Waals surface area contributed by atoms with Gasteiger partial charge in [-0.05, 0) is 19.4 Å². The fourth-order valence-electron chi connectivity index (χ4n) is 1.21. The third-order valence-electron chi connectivity index (χ3n) is 2.05. The van der Waals surface area contributed by atoms with Crippen molar-refractivity contribution in [2.75, 3.05) is 0 Å².